The van der Waals surface area contributed by atoms with Gasteiger partial charge >= 0.3 is 60.5 Å². The van der Waals surface area contributed by atoms with Gasteiger partial charge in [-0.2, -0.15) is 0 Å². The van der Waals surface area contributed by atoms with Gasteiger partial charge in [0.2, 0.25) is 0 Å². The standard InChI is InChI=1S/C5H11NO2Se/c1-8-5(7)4(6)3-9-2/h4H,3,6H2,1-2H3/t4-/m0/s1. The van der Waals surface area contributed by atoms with Crippen molar-refractivity contribution in [1.29, 1.82) is 0 Å². The van der Waals surface area contributed by atoms with Gasteiger partial charge in [0.05, 0.1) is 0 Å². The second-order valence-electron chi connectivity index (χ2n) is 1.58. The molecule has 0 aromatic heterocycles. The van der Waals surface area contributed by atoms with E-state index in [4.69, 9.17) is 5.73 Å². The average molecular weight is 196 g/mol. The number of nitrogens with two attached hydrogens (primary N) is 1. The molecule has 0 rings (SSSR count). The summed E-state index contributed by atoms with van der Waals surface area (Å²) in [7, 11) is 1.35. The van der Waals surface area contributed by atoms with E-state index in [1.54, 1.807) is 0 Å². The number of carbonyl (C=O) groups excluding carboxylic acids is 1. The quantitative estimate of drug-likeness (QED) is 0.496. The van der Waals surface area contributed by atoms with Gasteiger partial charge in [-0.3, -0.25) is 0 Å². The van der Waals surface area contributed by atoms with Crippen molar-refractivity contribution in [3.05, 3.63) is 0 Å². The van der Waals surface area contributed by atoms with Crippen LogP contribution in [0.1, 0.15) is 0 Å². The number of carbonyl (C=O) groups is 1. The number of esters is 1. The molecule has 0 unspecified atom stereocenters. The van der Waals surface area contributed by atoms with Crippen molar-refractivity contribution in [2.45, 2.75) is 17.2 Å². The fourth-order valence-corrected chi connectivity index (χ4v) is 1.44. The van der Waals surface area contributed by atoms with Crippen LogP contribution in [-0.4, -0.2) is 34.1 Å². The Hall–Kier alpha value is -0.0505. The molecule has 0 radical (unpaired) electrons. The Balaban J connectivity index is 3.45. The van der Waals surface area contributed by atoms with Crippen LogP contribution in [0.5, 0.6) is 0 Å². The van der Waals surface area contributed by atoms with E-state index in [0.717, 1.165) is 5.32 Å². The molecule has 1 atom stereocenters. The van der Waals surface area contributed by atoms with Gasteiger partial charge < -0.3 is 0 Å². The first kappa shape index (κ1) is 8.95. The fraction of sp³-hybridized carbons (Fsp3) is 0.800. The zero-order chi connectivity index (χ0) is 7.28. The number of ether oxygens (including phenoxy) is 1. The van der Waals surface area contributed by atoms with Crippen LogP contribution in [0.2, 0.25) is 11.1 Å². The first-order valence-corrected chi connectivity index (χ1v) is 5.47. The minimum absolute atomic E-state index is 0.307. The molecule has 0 saturated heterocycles. The fourth-order valence-electron chi connectivity index (χ4n) is 0.399. The topological polar surface area (TPSA) is 52.3 Å². The van der Waals surface area contributed by atoms with Gasteiger partial charge in [0, 0.05) is 0 Å². The summed E-state index contributed by atoms with van der Waals surface area (Å²) in [5.41, 5.74) is 5.38. The third kappa shape index (κ3) is 3.51. The van der Waals surface area contributed by atoms with E-state index < -0.39 is 6.04 Å². The maximum atomic E-state index is 10.6. The molecule has 0 aliphatic rings. The first-order valence-electron chi connectivity index (χ1n) is 2.54. The molecule has 0 heterocycles. The molecule has 0 aromatic carbocycles. The molecule has 0 aliphatic heterocycles. The molecule has 9 heavy (non-hydrogen) atoms. The Labute approximate surface area is 61.1 Å². The first-order chi connectivity index (χ1) is 4.22. The Bertz CT molecular complexity index is 97.0. The minimum atomic E-state index is -0.403. The van der Waals surface area contributed by atoms with E-state index in [1.807, 2.05) is 5.82 Å². The summed E-state index contributed by atoms with van der Waals surface area (Å²) in [5.74, 6) is 1.73. The molecular formula is C5H11NO2Se. The Kier molecular flexibility index (Phi) is 4.77. The monoisotopic (exact) mass is 197 g/mol. The predicted molar refractivity (Wildman–Crippen MR) is 36.4 cm³/mol. The summed E-state index contributed by atoms with van der Waals surface area (Å²) in [6.45, 7) is 0. The zero-order valence-corrected chi connectivity index (χ0v) is 7.30. The molecule has 4 heteroatoms. The van der Waals surface area contributed by atoms with Crippen molar-refractivity contribution in [3.8, 4) is 0 Å². The molecule has 0 aliphatic carbocycles. The average Bonchev–Trinajstić information content (AvgIpc) is 1.87. The van der Waals surface area contributed by atoms with Crippen LogP contribution in [0.3, 0.4) is 0 Å². The number of rotatable bonds is 3. The molecule has 3 nitrogen and oxygen atoms in total. The molecule has 0 saturated carbocycles. The third-order valence-corrected chi connectivity index (χ3v) is 2.30. The summed E-state index contributed by atoms with van der Waals surface area (Å²) < 4.78 is 4.41. The molecule has 54 valence electrons. The molecule has 2 N–H and O–H groups in total. The molecule has 0 bridgehead atoms. The van der Waals surface area contributed by atoms with E-state index in [9.17, 15) is 4.79 Å². The van der Waals surface area contributed by atoms with Gasteiger partial charge in [-0.25, -0.2) is 0 Å². The summed E-state index contributed by atoms with van der Waals surface area (Å²) in [5, 5.41) is 0.764. The zero-order valence-electron chi connectivity index (χ0n) is 5.59. The molecule has 0 spiro atoms. The van der Waals surface area contributed by atoms with E-state index in [1.165, 1.54) is 7.11 Å². The van der Waals surface area contributed by atoms with Crippen LogP contribution < -0.4 is 5.73 Å². The van der Waals surface area contributed by atoms with Gasteiger partial charge in [-0.1, -0.05) is 0 Å². The summed E-state index contributed by atoms with van der Waals surface area (Å²) in [6, 6.07) is -0.403. The Morgan fingerprint density at radius 2 is 2.44 bits per heavy atom. The van der Waals surface area contributed by atoms with E-state index >= 15 is 0 Å². The van der Waals surface area contributed by atoms with Crippen molar-refractivity contribution in [3.63, 3.8) is 0 Å². The van der Waals surface area contributed by atoms with E-state index in [-0.39, 0.29) is 5.97 Å². The second kappa shape index (κ2) is 4.79. The van der Waals surface area contributed by atoms with Crippen LogP contribution in [0, 0.1) is 0 Å². The summed E-state index contributed by atoms with van der Waals surface area (Å²) in [6.07, 6.45) is 0. The van der Waals surface area contributed by atoms with Crippen LogP contribution >= 0.6 is 0 Å². The van der Waals surface area contributed by atoms with Crippen LogP contribution in [0.4, 0.5) is 0 Å². The third-order valence-electron chi connectivity index (χ3n) is 0.850. The van der Waals surface area contributed by atoms with Gasteiger partial charge in [0.25, 0.3) is 0 Å². The van der Waals surface area contributed by atoms with Gasteiger partial charge in [-0.05, 0) is 0 Å². The molecular weight excluding hydrogens is 185 g/mol. The SMILES string of the molecule is COC(=O)[C@@H](N)C[Se]C. The summed E-state index contributed by atoms with van der Waals surface area (Å²) >= 11 is 0.452. The molecule has 0 amide bonds. The number of hydrogen-bond acceptors (Lipinski definition) is 3. The van der Waals surface area contributed by atoms with Gasteiger partial charge in [-0.15, -0.1) is 0 Å². The second-order valence-corrected chi connectivity index (χ2v) is 3.50. The van der Waals surface area contributed by atoms with Crippen molar-refractivity contribution in [2.75, 3.05) is 7.11 Å². The Morgan fingerprint density at radius 1 is 1.89 bits per heavy atom. The van der Waals surface area contributed by atoms with Gasteiger partial charge in [0.1, 0.15) is 0 Å². The van der Waals surface area contributed by atoms with Crippen LogP contribution in [-0.2, 0) is 9.53 Å². The maximum absolute atomic E-state index is 10.6. The molecule has 0 aromatic rings. The van der Waals surface area contributed by atoms with Crippen LogP contribution in [0.25, 0.3) is 0 Å². The molecule has 0 fully saturated rings. The van der Waals surface area contributed by atoms with Crippen molar-refractivity contribution < 1.29 is 9.53 Å². The van der Waals surface area contributed by atoms with Crippen LogP contribution in [0.15, 0.2) is 0 Å². The summed E-state index contributed by atoms with van der Waals surface area (Å²) in [4.78, 5) is 10.6. The number of hydrogen-bond donors (Lipinski definition) is 1. The van der Waals surface area contributed by atoms with Crippen molar-refractivity contribution in [1.82, 2.24) is 0 Å². The Morgan fingerprint density at radius 3 is 2.78 bits per heavy atom. The predicted octanol–water partition coefficient (Wildman–Crippen LogP) is -0.343. The number of methoxy groups -OCH3 is 1. The van der Waals surface area contributed by atoms with Crippen molar-refractivity contribution >= 4 is 20.9 Å². The van der Waals surface area contributed by atoms with E-state index in [0.29, 0.717) is 15.0 Å². The van der Waals surface area contributed by atoms with Crippen molar-refractivity contribution in [2.24, 2.45) is 5.73 Å². The normalized spacial score (nSPS) is 12.8. The van der Waals surface area contributed by atoms with E-state index in [2.05, 4.69) is 4.74 Å². The van der Waals surface area contributed by atoms with Gasteiger partial charge in [0.15, 0.2) is 0 Å².